The van der Waals surface area contributed by atoms with Crippen molar-refractivity contribution >= 4 is 15.5 Å². The van der Waals surface area contributed by atoms with Gasteiger partial charge in [0.05, 0.1) is 11.9 Å². The van der Waals surface area contributed by atoms with Crippen molar-refractivity contribution in [3.63, 3.8) is 0 Å². The van der Waals surface area contributed by atoms with Gasteiger partial charge in [-0.3, -0.25) is 0 Å². The SMILES string of the molecule is CC(O)c1ccc(N(C)CCS(C)(=O)=O)cc1. The topological polar surface area (TPSA) is 57.6 Å². The van der Waals surface area contributed by atoms with Crippen molar-refractivity contribution in [3.8, 4) is 0 Å². The summed E-state index contributed by atoms with van der Waals surface area (Å²) in [5, 5.41) is 9.37. The molecule has 0 fully saturated rings. The van der Waals surface area contributed by atoms with Gasteiger partial charge in [-0.25, -0.2) is 8.42 Å². The Morgan fingerprint density at radius 1 is 1.29 bits per heavy atom. The summed E-state index contributed by atoms with van der Waals surface area (Å²) >= 11 is 0. The summed E-state index contributed by atoms with van der Waals surface area (Å²) in [6, 6.07) is 7.45. The molecular weight excluding hydrogens is 238 g/mol. The number of benzene rings is 1. The maximum absolute atomic E-state index is 11.1. The minimum Gasteiger partial charge on any atom is -0.389 e. The molecule has 0 saturated heterocycles. The summed E-state index contributed by atoms with van der Waals surface area (Å²) in [5.41, 5.74) is 1.79. The second kappa shape index (κ2) is 5.51. The lowest BCUT2D eigenvalue weighted by Gasteiger charge is -2.19. The molecule has 1 unspecified atom stereocenters. The number of hydrogen-bond acceptors (Lipinski definition) is 4. The fourth-order valence-corrected chi connectivity index (χ4v) is 2.04. The van der Waals surface area contributed by atoms with E-state index in [1.54, 1.807) is 6.92 Å². The summed E-state index contributed by atoms with van der Waals surface area (Å²) in [5.74, 6) is 0.141. The Kier molecular flexibility index (Phi) is 4.54. The van der Waals surface area contributed by atoms with E-state index in [0.29, 0.717) is 6.54 Å². The Balaban J connectivity index is 2.67. The number of aliphatic hydroxyl groups is 1. The van der Waals surface area contributed by atoms with E-state index < -0.39 is 15.9 Å². The van der Waals surface area contributed by atoms with Crippen molar-refractivity contribution in [3.05, 3.63) is 29.8 Å². The van der Waals surface area contributed by atoms with Crippen molar-refractivity contribution in [1.29, 1.82) is 0 Å². The molecule has 0 aliphatic carbocycles. The van der Waals surface area contributed by atoms with E-state index in [2.05, 4.69) is 0 Å². The number of nitrogens with zero attached hydrogens (tertiary/aromatic N) is 1. The number of aliphatic hydroxyl groups excluding tert-OH is 1. The number of hydrogen-bond donors (Lipinski definition) is 1. The van der Waals surface area contributed by atoms with Gasteiger partial charge in [0.25, 0.3) is 0 Å². The van der Waals surface area contributed by atoms with E-state index >= 15 is 0 Å². The van der Waals surface area contributed by atoms with E-state index in [1.165, 1.54) is 6.26 Å². The van der Waals surface area contributed by atoms with E-state index in [4.69, 9.17) is 0 Å². The maximum Gasteiger partial charge on any atom is 0.149 e. The van der Waals surface area contributed by atoms with Crippen molar-refractivity contribution in [1.82, 2.24) is 0 Å². The molecule has 0 radical (unpaired) electrons. The van der Waals surface area contributed by atoms with E-state index in [0.717, 1.165) is 11.3 Å². The first kappa shape index (κ1) is 14.0. The van der Waals surface area contributed by atoms with Gasteiger partial charge in [-0.2, -0.15) is 0 Å². The first-order chi connectivity index (χ1) is 7.79. The molecule has 0 aliphatic rings. The third-order valence-electron chi connectivity index (χ3n) is 2.61. The quantitative estimate of drug-likeness (QED) is 0.861. The zero-order valence-corrected chi connectivity index (χ0v) is 11.2. The maximum atomic E-state index is 11.1. The van der Waals surface area contributed by atoms with Gasteiger partial charge in [0.15, 0.2) is 0 Å². The lowest BCUT2D eigenvalue weighted by Crippen LogP contribution is -2.24. The second-order valence-corrected chi connectivity index (χ2v) is 6.58. The fourth-order valence-electron chi connectivity index (χ4n) is 1.44. The van der Waals surface area contributed by atoms with Gasteiger partial charge >= 0.3 is 0 Å². The zero-order valence-electron chi connectivity index (χ0n) is 10.4. The van der Waals surface area contributed by atoms with E-state index in [9.17, 15) is 13.5 Å². The molecule has 17 heavy (non-hydrogen) atoms. The summed E-state index contributed by atoms with van der Waals surface area (Å²) in [6.45, 7) is 2.18. The van der Waals surface area contributed by atoms with Crippen LogP contribution in [0.4, 0.5) is 5.69 Å². The van der Waals surface area contributed by atoms with Crippen LogP contribution >= 0.6 is 0 Å². The molecule has 1 aromatic rings. The second-order valence-electron chi connectivity index (χ2n) is 4.32. The van der Waals surface area contributed by atoms with Crippen LogP contribution in [-0.2, 0) is 9.84 Å². The minimum atomic E-state index is -2.93. The van der Waals surface area contributed by atoms with Gasteiger partial charge in [0, 0.05) is 25.5 Å². The molecule has 0 bridgehead atoms. The molecule has 1 N–H and O–H groups in total. The lowest BCUT2D eigenvalue weighted by molar-refractivity contribution is 0.199. The molecule has 0 saturated carbocycles. The van der Waals surface area contributed by atoms with Gasteiger partial charge in [0.1, 0.15) is 9.84 Å². The van der Waals surface area contributed by atoms with Gasteiger partial charge in [-0.05, 0) is 24.6 Å². The number of rotatable bonds is 5. The summed E-state index contributed by atoms with van der Waals surface area (Å²) < 4.78 is 22.1. The molecule has 1 rings (SSSR count). The molecule has 4 nitrogen and oxygen atoms in total. The highest BCUT2D eigenvalue weighted by Gasteiger charge is 2.07. The predicted octanol–water partition coefficient (Wildman–Crippen LogP) is 1.22. The molecule has 1 aromatic carbocycles. The molecule has 0 amide bonds. The van der Waals surface area contributed by atoms with Crippen molar-refractivity contribution in [2.45, 2.75) is 13.0 Å². The molecule has 0 spiro atoms. The summed E-state index contributed by atoms with van der Waals surface area (Å²) in [4.78, 5) is 1.88. The highest BCUT2D eigenvalue weighted by atomic mass is 32.2. The molecule has 5 heteroatoms. The third-order valence-corrected chi connectivity index (χ3v) is 3.54. The van der Waals surface area contributed by atoms with Crippen LogP contribution in [0.15, 0.2) is 24.3 Å². The molecule has 96 valence electrons. The smallest absolute Gasteiger partial charge is 0.149 e. The summed E-state index contributed by atoms with van der Waals surface area (Å²) in [7, 11) is -1.08. The van der Waals surface area contributed by atoms with Crippen LogP contribution in [0.5, 0.6) is 0 Å². The molecule has 0 heterocycles. The lowest BCUT2D eigenvalue weighted by atomic mass is 10.1. The Morgan fingerprint density at radius 3 is 2.24 bits per heavy atom. The standard InChI is InChI=1S/C12H19NO3S/c1-10(14)11-4-6-12(7-5-11)13(2)8-9-17(3,15)16/h4-7,10,14H,8-9H2,1-3H3. The molecular formula is C12H19NO3S. The number of anilines is 1. The Bertz CT molecular complexity index is 451. The van der Waals surface area contributed by atoms with Crippen LogP contribution in [0.2, 0.25) is 0 Å². The average molecular weight is 257 g/mol. The van der Waals surface area contributed by atoms with Crippen molar-refractivity contribution in [2.75, 3.05) is 30.5 Å². The Labute approximate surface area is 103 Å². The van der Waals surface area contributed by atoms with E-state index in [1.807, 2.05) is 36.2 Å². The van der Waals surface area contributed by atoms with Crippen LogP contribution in [0, 0.1) is 0 Å². The van der Waals surface area contributed by atoms with Crippen LogP contribution in [0.1, 0.15) is 18.6 Å². The highest BCUT2D eigenvalue weighted by Crippen LogP contribution is 2.17. The normalized spacial score (nSPS) is 13.4. The summed E-state index contributed by atoms with van der Waals surface area (Å²) in [6.07, 6.45) is 0.752. The monoisotopic (exact) mass is 257 g/mol. The van der Waals surface area contributed by atoms with Gasteiger partial charge in [-0.1, -0.05) is 12.1 Å². The van der Waals surface area contributed by atoms with Crippen LogP contribution < -0.4 is 4.90 Å². The Hall–Kier alpha value is -1.07. The van der Waals surface area contributed by atoms with Crippen molar-refractivity contribution in [2.24, 2.45) is 0 Å². The molecule has 0 aromatic heterocycles. The zero-order chi connectivity index (χ0) is 13.1. The first-order valence-electron chi connectivity index (χ1n) is 5.46. The molecule has 1 atom stereocenters. The highest BCUT2D eigenvalue weighted by molar-refractivity contribution is 7.90. The van der Waals surface area contributed by atoms with Crippen LogP contribution in [0.25, 0.3) is 0 Å². The van der Waals surface area contributed by atoms with Crippen LogP contribution in [0.3, 0.4) is 0 Å². The minimum absolute atomic E-state index is 0.141. The number of sulfone groups is 1. The van der Waals surface area contributed by atoms with E-state index in [-0.39, 0.29) is 5.75 Å². The fraction of sp³-hybridized carbons (Fsp3) is 0.500. The van der Waals surface area contributed by atoms with Crippen molar-refractivity contribution < 1.29 is 13.5 Å². The third kappa shape index (κ3) is 4.75. The van der Waals surface area contributed by atoms with Gasteiger partial charge < -0.3 is 10.0 Å². The van der Waals surface area contributed by atoms with Crippen LogP contribution in [-0.4, -0.2) is 39.1 Å². The Morgan fingerprint density at radius 2 is 1.82 bits per heavy atom. The largest absolute Gasteiger partial charge is 0.389 e. The predicted molar refractivity (Wildman–Crippen MR) is 70.1 cm³/mol. The average Bonchev–Trinajstić information content (AvgIpc) is 2.25. The first-order valence-corrected chi connectivity index (χ1v) is 7.52. The van der Waals surface area contributed by atoms with Gasteiger partial charge in [0.2, 0.25) is 0 Å². The van der Waals surface area contributed by atoms with Gasteiger partial charge in [-0.15, -0.1) is 0 Å². The molecule has 0 aliphatic heterocycles.